The molecule has 0 spiro atoms. The van der Waals surface area contributed by atoms with Crippen LogP contribution in [0.25, 0.3) is 0 Å². The lowest BCUT2D eigenvalue weighted by Gasteiger charge is -2.37. The van der Waals surface area contributed by atoms with Crippen LogP contribution in [-0.2, 0) is 10.0 Å². The van der Waals surface area contributed by atoms with Gasteiger partial charge in [0.15, 0.2) is 11.5 Å². The van der Waals surface area contributed by atoms with Crippen LogP contribution < -0.4 is 9.47 Å². The molecule has 0 bridgehead atoms. The molecule has 0 N–H and O–H groups in total. The average Bonchev–Trinajstić information content (AvgIpc) is 2.73. The first-order valence-corrected chi connectivity index (χ1v) is 10.9. The lowest BCUT2D eigenvalue weighted by molar-refractivity contribution is 0.146. The van der Waals surface area contributed by atoms with E-state index in [-0.39, 0.29) is 10.9 Å². The molecule has 1 aliphatic rings. The highest BCUT2D eigenvalue weighted by atomic mass is 35.5. The van der Waals surface area contributed by atoms with Crippen LogP contribution in [0.15, 0.2) is 47.4 Å². The van der Waals surface area contributed by atoms with Gasteiger partial charge in [-0.2, -0.15) is 4.31 Å². The molecule has 3 rings (SSSR count). The Morgan fingerprint density at radius 3 is 2.21 bits per heavy atom. The maximum absolute atomic E-state index is 13.0. The lowest BCUT2D eigenvalue weighted by atomic mass is 10.1. The number of ether oxygens (including phenoxy) is 2. The van der Waals surface area contributed by atoms with Crippen LogP contribution in [0.2, 0.25) is 5.02 Å². The fraction of sp³-hybridized carbons (Fsp3) is 0.400. The predicted molar refractivity (Wildman–Crippen MR) is 110 cm³/mol. The molecule has 0 unspecified atom stereocenters. The number of benzene rings is 2. The van der Waals surface area contributed by atoms with E-state index in [1.54, 1.807) is 12.1 Å². The number of piperazine rings is 1. The fourth-order valence-corrected chi connectivity index (χ4v) is 5.20. The van der Waals surface area contributed by atoms with Gasteiger partial charge in [-0.05, 0) is 30.7 Å². The highest BCUT2D eigenvalue weighted by molar-refractivity contribution is 7.89. The summed E-state index contributed by atoms with van der Waals surface area (Å²) in [6.07, 6.45) is 0. The smallest absolute Gasteiger partial charge is 0.243 e. The molecule has 152 valence electrons. The molecule has 0 radical (unpaired) electrons. The molecule has 1 atom stereocenters. The summed E-state index contributed by atoms with van der Waals surface area (Å²) < 4.78 is 38.0. The van der Waals surface area contributed by atoms with Crippen LogP contribution in [0.3, 0.4) is 0 Å². The van der Waals surface area contributed by atoms with Crippen molar-refractivity contribution < 1.29 is 17.9 Å². The summed E-state index contributed by atoms with van der Waals surface area (Å²) in [6.45, 7) is 4.22. The highest BCUT2D eigenvalue weighted by Crippen LogP contribution is 2.32. The Morgan fingerprint density at radius 2 is 1.61 bits per heavy atom. The number of hydrogen-bond acceptors (Lipinski definition) is 5. The first kappa shape index (κ1) is 20.9. The van der Waals surface area contributed by atoms with E-state index in [0.717, 1.165) is 10.6 Å². The van der Waals surface area contributed by atoms with E-state index >= 15 is 0 Å². The summed E-state index contributed by atoms with van der Waals surface area (Å²) >= 11 is 6.32. The van der Waals surface area contributed by atoms with E-state index in [9.17, 15) is 8.42 Å². The standard InChI is InChI=1S/C20H25ClN2O4S/c1-15(17-6-4-5-7-18(17)21)22-10-12-23(13-11-22)28(24,25)16-8-9-19(26-2)20(14-16)27-3/h4-9,14-15H,10-13H2,1-3H3/t15-/m0/s1. The first-order valence-electron chi connectivity index (χ1n) is 9.09. The van der Waals surface area contributed by atoms with Gasteiger partial charge in [-0.3, -0.25) is 4.90 Å². The quantitative estimate of drug-likeness (QED) is 0.711. The van der Waals surface area contributed by atoms with Crippen LogP contribution in [0.5, 0.6) is 11.5 Å². The van der Waals surface area contributed by atoms with Gasteiger partial charge in [0, 0.05) is 43.3 Å². The minimum absolute atomic E-state index is 0.125. The molecule has 2 aromatic carbocycles. The van der Waals surface area contributed by atoms with E-state index in [2.05, 4.69) is 11.8 Å². The van der Waals surface area contributed by atoms with Gasteiger partial charge in [-0.15, -0.1) is 0 Å². The average molecular weight is 425 g/mol. The van der Waals surface area contributed by atoms with Crippen LogP contribution in [-0.4, -0.2) is 58.0 Å². The number of rotatable bonds is 6. The number of methoxy groups -OCH3 is 2. The Kier molecular flexibility index (Phi) is 6.50. The molecule has 1 saturated heterocycles. The van der Waals surface area contributed by atoms with Gasteiger partial charge in [0.25, 0.3) is 0 Å². The van der Waals surface area contributed by atoms with Crippen molar-refractivity contribution in [2.45, 2.75) is 17.9 Å². The number of sulfonamides is 1. The van der Waals surface area contributed by atoms with E-state index in [4.69, 9.17) is 21.1 Å². The molecule has 0 saturated carbocycles. The molecule has 0 aromatic heterocycles. The summed E-state index contributed by atoms with van der Waals surface area (Å²) in [5.74, 6) is 0.898. The van der Waals surface area contributed by atoms with Gasteiger partial charge >= 0.3 is 0 Å². The normalized spacial score (nSPS) is 17.3. The highest BCUT2D eigenvalue weighted by Gasteiger charge is 2.31. The molecule has 1 fully saturated rings. The SMILES string of the molecule is COc1ccc(S(=O)(=O)N2CCN([C@@H](C)c3ccccc3Cl)CC2)cc1OC. The van der Waals surface area contributed by atoms with E-state index in [0.29, 0.717) is 37.7 Å². The molecule has 1 heterocycles. The maximum atomic E-state index is 13.0. The zero-order valence-electron chi connectivity index (χ0n) is 16.3. The fourth-order valence-electron chi connectivity index (χ4n) is 3.47. The molecular formula is C20H25ClN2O4S. The Labute approximate surface area is 171 Å². The van der Waals surface area contributed by atoms with Crippen molar-refractivity contribution in [3.05, 3.63) is 53.1 Å². The Bertz CT molecular complexity index is 928. The van der Waals surface area contributed by atoms with Crippen molar-refractivity contribution in [2.75, 3.05) is 40.4 Å². The van der Waals surface area contributed by atoms with Gasteiger partial charge in [0.1, 0.15) is 0 Å². The third-order valence-corrected chi connectivity index (χ3v) is 7.41. The van der Waals surface area contributed by atoms with E-state index in [1.807, 2.05) is 24.3 Å². The Balaban J connectivity index is 1.73. The van der Waals surface area contributed by atoms with E-state index in [1.165, 1.54) is 24.6 Å². The van der Waals surface area contributed by atoms with Gasteiger partial charge in [-0.1, -0.05) is 29.8 Å². The van der Waals surface area contributed by atoms with Crippen LogP contribution >= 0.6 is 11.6 Å². The zero-order chi connectivity index (χ0) is 20.3. The second-order valence-electron chi connectivity index (χ2n) is 6.65. The number of halogens is 1. The molecule has 28 heavy (non-hydrogen) atoms. The van der Waals surface area contributed by atoms with Gasteiger partial charge in [0.05, 0.1) is 19.1 Å². The van der Waals surface area contributed by atoms with Gasteiger partial charge < -0.3 is 9.47 Å². The van der Waals surface area contributed by atoms with Crippen molar-refractivity contribution in [2.24, 2.45) is 0 Å². The second kappa shape index (κ2) is 8.69. The van der Waals surface area contributed by atoms with Crippen LogP contribution in [0.4, 0.5) is 0 Å². The largest absolute Gasteiger partial charge is 0.493 e. The van der Waals surface area contributed by atoms with Crippen molar-refractivity contribution in [3.8, 4) is 11.5 Å². The summed E-state index contributed by atoms with van der Waals surface area (Å²) in [5.41, 5.74) is 1.06. The molecule has 1 aliphatic heterocycles. The van der Waals surface area contributed by atoms with Crippen molar-refractivity contribution in [3.63, 3.8) is 0 Å². The first-order chi connectivity index (χ1) is 13.4. The third-order valence-electron chi connectivity index (χ3n) is 5.17. The van der Waals surface area contributed by atoms with E-state index < -0.39 is 10.0 Å². The zero-order valence-corrected chi connectivity index (χ0v) is 17.8. The minimum Gasteiger partial charge on any atom is -0.493 e. The lowest BCUT2D eigenvalue weighted by Crippen LogP contribution is -2.49. The van der Waals surface area contributed by atoms with Gasteiger partial charge in [0.2, 0.25) is 10.0 Å². The monoisotopic (exact) mass is 424 g/mol. The van der Waals surface area contributed by atoms with Crippen molar-refractivity contribution in [1.29, 1.82) is 0 Å². The molecular weight excluding hydrogens is 400 g/mol. The maximum Gasteiger partial charge on any atom is 0.243 e. The summed E-state index contributed by atoms with van der Waals surface area (Å²) in [6, 6.07) is 12.6. The second-order valence-corrected chi connectivity index (χ2v) is 9.00. The topological polar surface area (TPSA) is 59.1 Å². The Hall–Kier alpha value is -1.80. The van der Waals surface area contributed by atoms with Crippen LogP contribution in [0.1, 0.15) is 18.5 Å². The summed E-state index contributed by atoms with van der Waals surface area (Å²) in [5, 5.41) is 0.732. The predicted octanol–water partition coefficient (Wildman–Crippen LogP) is 3.42. The summed E-state index contributed by atoms with van der Waals surface area (Å²) in [7, 11) is -0.588. The number of nitrogens with zero attached hydrogens (tertiary/aromatic N) is 2. The molecule has 6 nitrogen and oxygen atoms in total. The van der Waals surface area contributed by atoms with Crippen LogP contribution in [0, 0.1) is 0 Å². The molecule has 2 aromatic rings. The summed E-state index contributed by atoms with van der Waals surface area (Å²) in [4.78, 5) is 2.46. The molecule has 0 aliphatic carbocycles. The van der Waals surface area contributed by atoms with Gasteiger partial charge in [-0.25, -0.2) is 8.42 Å². The number of hydrogen-bond donors (Lipinski definition) is 0. The minimum atomic E-state index is -3.60. The van der Waals surface area contributed by atoms with Crippen molar-refractivity contribution in [1.82, 2.24) is 9.21 Å². The Morgan fingerprint density at radius 1 is 0.964 bits per heavy atom. The molecule has 8 heteroatoms. The van der Waals surface area contributed by atoms with Crippen molar-refractivity contribution >= 4 is 21.6 Å². The molecule has 0 amide bonds. The third kappa shape index (κ3) is 4.12.